The molecule has 8 nitrogen and oxygen atoms in total. The predicted octanol–water partition coefficient (Wildman–Crippen LogP) is 2.49. The van der Waals surface area contributed by atoms with E-state index in [1.165, 1.54) is 19.3 Å². The van der Waals surface area contributed by atoms with Crippen LogP contribution in [0.3, 0.4) is 0 Å². The minimum atomic E-state index is -0.432. The van der Waals surface area contributed by atoms with E-state index in [2.05, 4.69) is 29.4 Å². The lowest BCUT2D eigenvalue weighted by atomic mass is 9.64. The highest BCUT2D eigenvalue weighted by Gasteiger charge is 2.66. The molecule has 226 valence electrons. The molecule has 3 N–H and O–H groups in total. The first kappa shape index (κ1) is 28.9. The molecule has 2 amide bonds. The summed E-state index contributed by atoms with van der Waals surface area (Å²) in [7, 11) is 3.50. The minimum Gasteiger partial charge on any atom is -0.379 e. The number of piperidine rings is 2. The standard InChI is InChI=1S/C32H53N3O5/c1-17(2)19-6-8-20(9-7-19)34-31(36)18(3)40-21-10-12-25-24(16-21)22-14-15-33-28-23-11-13-26(38-4)30(39-5)27(23)32(37)35(25)29(22)28/h17-30,33H,6-16H2,1-5H3,(H,34,36)/p+1/t18-,19?,20?,21?,22?,23?,24?,25?,26?,27?,28?,29?,30?/m1/s1. The van der Waals surface area contributed by atoms with E-state index in [0.717, 1.165) is 63.3 Å². The maximum absolute atomic E-state index is 14.2. The molecular formula is C32H54N3O5+. The Kier molecular flexibility index (Phi) is 8.53. The molecule has 0 aromatic heterocycles. The highest BCUT2D eigenvalue weighted by atomic mass is 16.5. The highest BCUT2D eigenvalue weighted by Crippen LogP contribution is 2.53. The summed E-state index contributed by atoms with van der Waals surface area (Å²) in [4.78, 5) is 29.7. The molecule has 0 spiro atoms. The molecule has 0 bridgehead atoms. The van der Waals surface area contributed by atoms with Gasteiger partial charge in [-0.05, 0) is 88.4 Å². The minimum absolute atomic E-state index is 0.00782. The third-order valence-electron chi connectivity index (χ3n) is 12.2. The molecule has 10 unspecified atom stereocenters. The molecule has 0 radical (unpaired) electrons. The van der Waals surface area contributed by atoms with Crippen molar-refractivity contribution in [1.29, 1.82) is 0 Å². The van der Waals surface area contributed by atoms with E-state index in [0.29, 0.717) is 35.7 Å². The maximum atomic E-state index is 14.2. The summed E-state index contributed by atoms with van der Waals surface area (Å²) in [5.41, 5.74) is 0. The van der Waals surface area contributed by atoms with Crippen LogP contribution in [0.15, 0.2) is 0 Å². The number of quaternary nitrogens is 1. The Balaban J connectivity index is 1.10. The van der Waals surface area contributed by atoms with E-state index < -0.39 is 6.10 Å². The number of amides is 2. The van der Waals surface area contributed by atoms with Crippen LogP contribution in [0.25, 0.3) is 0 Å². The predicted molar refractivity (Wildman–Crippen MR) is 151 cm³/mol. The molecule has 40 heavy (non-hydrogen) atoms. The average Bonchev–Trinajstić information content (AvgIpc) is 3.30. The number of nitrogens with zero attached hydrogens (tertiary/aromatic N) is 1. The third kappa shape index (κ3) is 5.03. The van der Waals surface area contributed by atoms with Gasteiger partial charge in [-0.1, -0.05) is 13.8 Å². The lowest BCUT2D eigenvalue weighted by Crippen LogP contribution is -2.99. The van der Waals surface area contributed by atoms with Crippen molar-refractivity contribution >= 4 is 11.8 Å². The fraction of sp³-hybridized carbons (Fsp3) is 0.938. The Hall–Kier alpha value is -1.22. The molecule has 6 rings (SSSR count). The molecule has 3 heterocycles. The summed E-state index contributed by atoms with van der Waals surface area (Å²) in [5.74, 6) is 3.13. The summed E-state index contributed by atoms with van der Waals surface area (Å²) in [6, 6.07) is 1.36. The SMILES string of the molecule is COC1CCC2C3[NH2+]CCC4C5CC(O[C@H](C)C(=O)NC6CCC(C(C)C)CC6)CCC5N(C(=O)C2C1OC)C43. The van der Waals surface area contributed by atoms with Crippen LogP contribution in [0.2, 0.25) is 0 Å². The normalized spacial score (nSPS) is 45.5. The van der Waals surface area contributed by atoms with Crippen molar-refractivity contribution in [2.75, 3.05) is 20.8 Å². The van der Waals surface area contributed by atoms with Gasteiger partial charge < -0.3 is 29.7 Å². The second-order valence-electron chi connectivity index (χ2n) is 14.3. The number of rotatable bonds is 7. The summed E-state index contributed by atoms with van der Waals surface area (Å²) in [6.45, 7) is 7.68. The number of carbonyl (C=O) groups is 2. The van der Waals surface area contributed by atoms with Crippen molar-refractivity contribution in [2.24, 2.45) is 35.5 Å². The van der Waals surface area contributed by atoms with Crippen LogP contribution >= 0.6 is 0 Å². The number of hydrogen-bond acceptors (Lipinski definition) is 5. The quantitative estimate of drug-likeness (QED) is 0.499. The molecule has 6 aliphatic rings. The molecule has 11 atom stereocenters. The fourth-order valence-corrected chi connectivity index (χ4v) is 10.2. The number of ether oxygens (including phenoxy) is 3. The first-order chi connectivity index (χ1) is 19.3. The van der Waals surface area contributed by atoms with Crippen molar-refractivity contribution in [3.05, 3.63) is 0 Å². The second kappa shape index (κ2) is 11.8. The fourth-order valence-electron chi connectivity index (χ4n) is 10.2. The Bertz CT molecular complexity index is 922. The number of carbonyl (C=O) groups excluding carboxylic acids is 2. The Labute approximate surface area is 241 Å². The van der Waals surface area contributed by atoms with Crippen LogP contribution in [0.1, 0.15) is 85.0 Å². The monoisotopic (exact) mass is 560 g/mol. The summed E-state index contributed by atoms with van der Waals surface area (Å²) >= 11 is 0. The van der Waals surface area contributed by atoms with E-state index in [4.69, 9.17) is 14.2 Å². The van der Waals surface area contributed by atoms with Crippen molar-refractivity contribution < 1.29 is 29.1 Å². The Morgan fingerprint density at radius 2 is 1.70 bits per heavy atom. The molecule has 0 aromatic carbocycles. The zero-order valence-corrected chi connectivity index (χ0v) is 25.4. The van der Waals surface area contributed by atoms with Gasteiger partial charge in [-0.25, -0.2) is 0 Å². The van der Waals surface area contributed by atoms with Gasteiger partial charge in [0, 0.05) is 38.6 Å². The van der Waals surface area contributed by atoms with Gasteiger partial charge in [-0.15, -0.1) is 0 Å². The van der Waals surface area contributed by atoms with Crippen molar-refractivity contribution in [3.63, 3.8) is 0 Å². The Morgan fingerprint density at radius 3 is 2.40 bits per heavy atom. The Morgan fingerprint density at radius 1 is 0.925 bits per heavy atom. The third-order valence-corrected chi connectivity index (χ3v) is 12.2. The first-order valence-electron chi connectivity index (χ1n) is 16.5. The van der Waals surface area contributed by atoms with Gasteiger partial charge in [0.1, 0.15) is 12.1 Å². The lowest BCUT2D eigenvalue weighted by Gasteiger charge is -2.53. The first-order valence-corrected chi connectivity index (χ1v) is 16.5. The number of nitrogens with one attached hydrogen (secondary N) is 1. The molecule has 3 saturated heterocycles. The van der Waals surface area contributed by atoms with Crippen molar-refractivity contribution in [3.8, 4) is 0 Å². The van der Waals surface area contributed by atoms with Crippen molar-refractivity contribution in [2.45, 2.75) is 134 Å². The zero-order valence-electron chi connectivity index (χ0n) is 25.4. The van der Waals surface area contributed by atoms with Gasteiger partial charge in [-0.2, -0.15) is 0 Å². The highest BCUT2D eigenvalue weighted by molar-refractivity contribution is 5.83. The van der Waals surface area contributed by atoms with Crippen molar-refractivity contribution in [1.82, 2.24) is 10.2 Å². The van der Waals surface area contributed by atoms with Gasteiger partial charge in [-0.3, -0.25) is 9.59 Å². The van der Waals surface area contributed by atoms with Gasteiger partial charge in [0.25, 0.3) is 0 Å². The average molecular weight is 561 g/mol. The molecule has 3 aliphatic heterocycles. The van der Waals surface area contributed by atoms with E-state index >= 15 is 0 Å². The summed E-state index contributed by atoms with van der Waals surface area (Å²) in [5, 5.41) is 5.84. The lowest BCUT2D eigenvalue weighted by molar-refractivity contribution is -0.713. The largest absolute Gasteiger partial charge is 0.379 e. The van der Waals surface area contributed by atoms with Gasteiger partial charge in [0.15, 0.2) is 0 Å². The summed E-state index contributed by atoms with van der Waals surface area (Å²) in [6.07, 6.45) is 10.1. The van der Waals surface area contributed by atoms with Crippen LogP contribution in [-0.2, 0) is 23.8 Å². The summed E-state index contributed by atoms with van der Waals surface area (Å²) < 4.78 is 18.2. The zero-order chi connectivity index (χ0) is 28.1. The number of hydrogen-bond donors (Lipinski definition) is 2. The molecule has 8 heteroatoms. The van der Waals surface area contributed by atoms with Crippen LogP contribution in [-0.4, -0.2) is 86.1 Å². The van der Waals surface area contributed by atoms with Crippen LogP contribution in [0, 0.1) is 35.5 Å². The van der Waals surface area contributed by atoms with Crippen LogP contribution in [0.4, 0.5) is 0 Å². The van der Waals surface area contributed by atoms with E-state index in [1.54, 1.807) is 14.2 Å². The number of nitrogens with two attached hydrogens (primary N) is 1. The van der Waals surface area contributed by atoms with E-state index in [1.807, 2.05) is 6.92 Å². The van der Waals surface area contributed by atoms with Gasteiger partial charge in [0.2, 0.25) is 11.8 Å². The molecule has 0 aromatic rings. The molecular weight excluding hydrogens is 506 g/mol. The number of fused-ring (bicyclic) bond motifs is 5. The van der Waals surface area contributed by atoms with Crippen LogP contribution < -0.4 is 10.6 Å². The maximum Gasteiger partial charge on any atom is 0.249 e. The van der Waals surface area contributed by atoms with E-state index in [-0.39, 0.29) is 42.2 Å². The smallest absolute Gasteiger partial charge is 0.249 e. The van der Waals surface area contributed by atoms with Gasteiger partial charge in [0.05, 0.1) is 36.8 Å². The molecule has 3 saturated carbocycles. The van der Waals surface area contributed by atoms with E-state index in [9.17, 15) is 9.59 Å². The second-order valence-corrected chi connectivity index (χ2v) is 14.3. The number of methoxy groups -OCH3 is 2. The van der Waals surface area contributed by atoms with Gasteiger partial charge >= 0.3 is 0 Å². The topological polar surface area (TPSA) is 93.7 Å². The van der Waals surface area contributed by atoms with Crippen LogP contribution in [0.5, 0.6) is 0 Å². The molecule has 3 aliphatic carbocycles. The molecule has 6 fully saturated rings.